The molecule has 1 unspecified atom stereocenters. The van der Waals surface area contributed by atoms with Gasteiger partial charge in [-0.1, -0.05) is 25.7 Å². The van der Waals surface area contributed by atoms with Crippen LogP contribution in [-0.2, 0) is 4.79 Å². The number of nitrogens with one attached hydrogen (secondary N) is 1. The van der Waals surface area contributed by atoms with Crippen LogP contribution in [-0.4, -0.2) is 36.5 Å². The first-order valence-corrected chi connectivity index (χ1v) is 8.87. The summed E-state index contributed by atoms with van der Waals surface area (Å²) in [5, 5.41) is 3.64. The highest BCUT2D eigenvalue weighted by molar-refractivity contribution is 5.85. The third-order valence-electron chi connectivity index (χ3n) is 5.72. The Bertz CT molecular complexity index is 315. The number of carbonyl (C=O) groups is 1. The molecule has 2 heterocycles. The molecule has 3 fully saturated rings. The molecule has 1 amide bonds. The van der Waals surface area contributed by atoms with E-state index in [4.69, 9.17) is 0 Å². The van der Waals surface area contributed by atoms with Gasteiger partial charge < -0.3 is 10.2 Å². The molecule has 0 aromatic heterocycles. The van der Waals surface area contributed by atoms with Gasteiger partial charge in [0.1, 0.15) is 0 Å². The predicted molar refractivity (Wildman–Crippen MR) is 88.8 cm³/mol. The van der Waals surface area contributed by atoms with E-state index in [9.17, 15) is 4.79 Å². The van der Waals surface area contributed by atoms with E-state index in [0.717, 1.165) is 37.9 Å². The van der Waals surface area contributed by atoms with E-state index in [1.54, 1.807) is 0 Å². The fourth-order valence-corrected chi connectivity index (χ4v) is 4.42. The zero-order chi connectivity index (χ0) is 13.8. The molecule has 122 valence electrons. The number of halogens is 1. The van der Waals surface area contributed by atoms with E-state index < -0.39 is 0 Å². The molecule has 1 saturated carbocycles. The SMILES string of the molecule is Cl.O=C(C1CCCCCC1)N1CCC(C2CCCN2)CC1. The molecule has 0 aromatic rings. The van der Waals surface area contributed by atoms with E-state index in [2.05, 4.69) is 10.2 Å². The Morgan fingerprint density at radius 2 is 1.52 bits per heavy atom. The molecule has 21 heavy (non-hydrogen) atoms. The summed E-state index contributed by atoms with van der Waals surface area (Å²) in [5.74, 6) is 1.64. The molecule has 3 nitrogen and oxygen atoms in total. The highest BCUT2D eigenvalue weighted by Crippen LogP contribution is 2.29. The van der Waals surface area contributed by atoms with Crippen LogP contribution >= 0.6 is 12.4 Å². The summed E-state index contributed by atoms with van der Waals surface area (Å²) in [6.45, 7) is 3.22. The first-order chi connectivity index (χ1) is 9.84. The monoisotopic (exact) mass is 314 g/mol. The quantitative estimate of drug-likeness (QED) is 0.793. The molecular formula is C17H31ClN2O. The molecule has 0 bridgehead atoms. The van der Waals surface area contributed by atoms with Crippen LogP contribution in [0.5, 0.6) is 0 Å². The maximum absolute atomic E-state index is 12.6. The van der Waals surface area contributed by atoms with Gasteiger partial charge in [-0.2, -0.15) is 0 Å². The van der Waals surface area contributed by atoms with Crippen LogP contribution in [0.3, 0.4) is 0 Å². The maximum atomic E-state index is 12.6. The third kappa shape index (κ3) is 4.35. The number of amides is 1. The molecule has 1 N–H and O–H groups in total. The lowest BCUT2D eigenvalue weighted by molar-refractivity contribution is -0.137. The van der Waals surface area contributed by atoms with Crippen molar-refractivity contribution in [1.29, 1.82) is 0 Å². The van der Waals surface area contributed by atoms with Crippen molar-refractivity contribution in [1.82, 2.24) is 10.2 Å². The Morgan fingerprint density at radius 3 is 2.10 bits per heavy atom. The summed E-state index contributed by atoms with van der Waals surface area (Å²) < 4.78 is 0. The Labute approximate surface area is 135 Å². The highest BCUT2D eigenvalue weighted by atomic mass is 35.5. The number of rotatable bonds is 2. The van der Waals surface area contributed by atoms with Gasteiger partial charge in [-0.25, -0.2) is 0 Å². The van der Waals surface area contributed by atoms with Crippen LogP contribution < -0.4 is 5.32 Å². The lowest BCUT2D eigenvalue weighted by Crippen LogP contribution is -2.45. The van der Waals surface area contributed by atoms with Gasteiger partial charge in [-0.05, 0) is 51.0 Å². The number of piperidine rings is 1. The average molecular weight is 315 g/mol. The molecule has 0 radical (unpaired) electrons. The van der Waals surface area contributed by atoms with E-state index in [0.29, 0.717) is 11.8 Å². The molecule has 0 spiro atoms. The molecule has 1 atom stereocenters. The van der Waals surface area contributed by atoms with Crippen LogP contribution in [0, 0.1) is 11.8 Å². The lowest BCUT2D eigenvalue weighted by atomic mass is 9.87. The standard InChI is InChI=1S/C17H30N2O.ClH/c20-17(15-6-3-1-2-4-7-15)19-12-9-14(10-13-19)16-8-5-11-18-16;/h14-16,18H,1-13H2;1H. The van der Waals surface area contributed by atoms with Crippen molar-refractivity contribution < 1.29 is 4.79 Å². The number of carbonyl (C=O) groups excluding carboxylic acids is 1. The number of hydrogen-bond acceptors (Lipinski definition) is 2. The topological polar surface area (TPSA) is 32.3 Å². The van der Waals surface area contributed by atoms with Crippen molar-refractivity contribution in [3.63, 3.8) is 0 Å². The molecular weight excluding hydrogens is 284 g/mol. The van der Waals surface area contributed by atoms with Crippen LogP contribution in [0.1, 0.15) is 64.2 Å². The summed E-state index contributed by atoms with van der Waals surface area (Å²) in [5.41, 5.74) is 0. The smallest absolute Gasteiger partial charge is 0.225 e. The molecule has 2 aliphatic heterocycles. The zero-order valence-electron chi connectivity index (χ0n) is 13.2. The van der Waals surface area contributed by atoms with Crippen LogP contribution in [0.25, 0.3) is 0 Å². The minimum Gasteiger partial charge on any atom is -0.342 e. The summed E-state index contributed by atoms with van der Waals surface area (Å²) in [6, 6.07) is 0.741. The Morgan fingerprint density at radius 1 is 0.857 bits per heavy atom. The van der Waals surface area contributed by atoms with Crippen LogP contribution in [0.15, 0.2) is 0 Å². The first kappa shape index (κ1) is 17.1. The predicted octanol–water partition coefficient (Wildman–Crippen LogP) is 3.37. The fraction of sp³-hybridized carbons (Fsp3) is 0.941. The third-order valence-corrected chi connectivity index (χ3v) is 5.72. The Hall–Kier alpha value is -0.280. The molecule has 4 heteroatoms. The average Bonchev–Trinajstić information content (AvgIpc) is 2.89. The minimum absolute atomic E-state index is 0. The second-order valence-electron chi connectivity index (χ2n) is 7.05. The fourth-order valence-electron chi connectivity index (χ4n) is 4.42. The Kier molecular flexibility index (Phi) is 6.81. The number of nitrogens with zero attached hydrogens (tertiary/aromatic N) is 1. The normalized spacial score (nSPS) is 29.0. The van der Waals surface area contributed by atoms with E-state index in [1.165, 1.54) is 57.9 Å². The van der Waals surface area contributed by atoms with Crippen molar-refractivity contribution in [3.05, 3.63) is 0 Å². The molecule has 3 aliphatic rings. The first-order valence-electron chi connectivity index (χ1n) is 8.87. The molecule has 1 aliphatic carbocycles. The van der Waals surface area contributed by atoms with Gasteiger partial charge in [0.05, 0.1) is 0 Å². The summed E-state index contributed by atoms with van der Waals surface area (Å²) in [6.07, 6.45) is 12.6. The van der Waals surface area contributed by atoms with Gasteiger partial charge in [0, 0.05) is 25.0 Å². The van der Waals surface area contributed by atoms with E-state index in [-0.39, 0.29) is 12.4 Å². The summed E-state index contributed by atoms with van der Waals surface area (Å²) in [7, 11) is 0. The molecule has 2 saturated heterocycles. The minimum atomic E-state index is 0. The van der Waals surface area contributed by atoms with Gasteiger partial charge in [0.25, 0.3) is 0 Å². The second kappa shape index (κ2) is 8.38. The van der Waals surface area contributed by atoms with Crippen molar-refractivity contribution in [3.8, 4) is 0 Å². The van der Waals surface area contributed by atoms with Crippen molar-refractivity contribution >= 4 is 18.3 Å². The maximum Gasteiger partial charge on any atom is 0.225 e. The van der Waals surface area contributed by atoms with Gasteiger partial charge in [0.2, 0.25) is 5.91 Å². The van der Waals surface area contributed by atoms with E-state index >= 15 is 0 Å². The van der Waals surface area contributed by atoms with E-state index in [1.807, 2.05) is 0 Å². The summed E-state index contributed by atoms with van der Waals surface area (Å²) >= 11 is 0. The van der Waals surface area contributed by atoms with Crippen molar-refractivity contribution in [2.24, 2.45) is 11.8 Å². The summed E-state index contributed by atoms with van der Waals surface area (Å²) in [4.78, 5) is 14.8. The van der Waals surface area contributed by atoms with Gasteiger partial charge in [-0.15, -0.1) is 12.4 Å². The van der Waals surface area contributed by atoms with Gasteiger partial charge in [-0.3, -0.25) is 4.79 Å². The molecule has 3 rings (SSSR count). The largest absolute Gasteiger partial charge is 0.342 e. The highest BCUT2D eigenvalue weighted by Gasteiger charge is 2.32. The van der Waals surface area contributed by atoms with Crippen LogP contribution in [0.2, 0.25) is 0 Å². The number of likely N-dealkylation sites (tertiary alicyclic amines) is 1. The second-order valence-corrected chi connectivity index (χ2v) is 7.05. The number of hydrogen-bond donors (Lipinski definition) is 1. The van der Waals surface area contributed by atoms with Gasteiger partial charge in [0.15, 0.2) is 0 Å². The lowest BCUT2D eigenvalue weighted by Gasteiger charge is -2.36. The van der Waals surface area contributed by atoms with Gasteiger partial charge >= 0.3 is 0 Å². The zero-order valence-corrected chi connectivity index (χ0v) is 14.0. The van der Waals surface area contributed by atoms with Crippen molar-refractivity contribution in [2.75, 3.05) is 19.6 Å². The molecule has 0 aromatic carbocycles. The Balaban J connectivity index is 0.00000161. The van der Waals surface area contributed by atoms with Crippen LogP contribution in [0.4, 0.5) is 0 Å². The van der Waals surface area contributed by atoms with Crippen molar-refractivity contribution in [2.45, 2.75) is 70.3 Å².